The first-order valence-electron chi connectivity index (χ1n) is 5.83. The summed E-state index contributed by atoms with van der Waals surface area (Å²) in [7, 11) is 1.43. The van der Waals surface area contributed by atoms with Crippen LogP contribution < -0.4 is 4.74 Å². The number of ether oxygens (including phenoxy) is 3. The molecule has 0 radical (unpaired) electrons. The maximum absolute atomic E-state index is 11.8. The average Bonchev–Trinajstić information content (AvgIpc) is 2.40. The van der Waals surface area contributed by atoms with Gasteiger partial charge in [-0.05, 0) is 13.8 Å². The molecule has 104 valence electrons. The van der Waals surface area contributed by atoms with Crippen molar-refractivity contribution >= 4 is 11.9 Å². The third-order valence-electron chi connectivity index (χ3n) is 2.21. The van der Waals surface area contributed by atoms with Crippen molar-refractivity contribution in [3.8, 4) is 5.88 Å². The molecular formula is C12H16N2O5. The van der Waals surface area contributed by atoms with E-state index in [0.29, 0.717) is 0 Å². The molecule has 1 aromatic rings. The molecule has 7 heteroatoms. The van der Waals surface area contributed by atoms with Crippen molar-refractivity contribution < 1.29 is 23.8 Å². The van der Waals surface area contributed by atoms with Crippen LogP contribution >= 0.6 is 0 Å². The molecule has 0 aromatic carbocycles. The highest BCUT2D eigenvalue weighted by molar-refractivity contribution is 6.00. The third kappa shape index (κ3) is 3.90. The number of carbonyl (C=O) groups excluding carboxylic acids is 2. The van der Waals surface area contributed by atoms with Gasteiger partial charge in [-0.3, -0.25) is 9.59 Å². The number of carbonyl (C=O) groups is 2. The molecule has 0 aliphatic heterocycles. The van der Waals surface area contributed by atoms with Gasteiger partial charge in [-0.25, -0.2) is 9.97 Å². The number of nitrogens with zero attached hydrogens (tertiary/aromatic N) is 2. The van der Waals surface area contributed by atoms with E-state index in [1.165, 1.54) is 19.5 Å². The highest BCUT2D eigenvalue weighted by Crippen LogP contribution is 2.20. The number of hydrogen-bond acceptors (Lipinski definition) is 7. The van der Waals surface area contributed by atoms with Crippen LogP contribution in [0.1, 0.15) is 25.5 Å². The highest BCUT2D eigenvalue weighted by atomic mass is 16.6. The molecule has 0 saturated carbocycles. The van der Waals surface area contributed by atoms with Gasteiger partial charge in [0.05, 0.1) is 26.0 Å². The first kappa shape index (κ1) is 14.9. The van der Waals surface area contributed by atoms with Gasteiger partial charge in [-0.15, -0.1) is 0 Å². The predicted octanol–water partition coefficient (Wildman–Crippen LogP) is 0.695. The number of methoxy groups -OCH3 is 1. The molecule has 0 amide bonds. The number of hydrogen-bond donors (Lipinski definition) is 0. The lowest BCUT2D eigenvalue weighted by molar-refractivity contribution is -0.157. The summed E-state index contributed by atoms with van der Waals surface area (Å²) in [5.41, 5.74) is 0.184. The summed E-state index contributed by atoms with van der Waals surface area (Å²) in [5.74, 6) is -2.39. The van der Waals surface area contributed by atoms with Crippen LogP contribution in [0.4, 0.5) is 0 Å². The van der Waals surface area contributed by atoms with Crippen LogP contribution in [0.15, 0.2) is 12.4 Å². The standard InChI is InChI=1S/C12H16N2O5/c1-4-18-11(15)10(12(16)19-5-2)8-6-9(17-3)14-7-13-8/h6-7,10H,4-5H2,1-3H3. The average molecular weight is 268 g/mol. The van der Waals surface area contributed by atoms with Crippen LogP contribution in [0, 0.1) is 0 Å². The molecule has 0 fully saturated rings. The molecule has 1 aromatic heterocycles. The lowest BCUT2D eigenvalue weighted by atomic mass is 10.1. The molecule has 1 rings (SSSR count). The lowest BCUT2D eigenvalue weighted by Gasteiger charge is -2.13. The van der Waals surface area contributed by atoms with Crippen molar-refractivity contribution in [3.63, 3.8) is 0 Å². The second-order valence-corrected chi connectivity index (χ2v) is 3.42. The monoisotopic (exact) mass is 268 g/mol. The zero-order valence-electron chi connectivity index (χ0n) is 11.1. The molecule has 0 aliphatic carbocycles. The summed E-state index contributed by atoms with van der Waals surface area (Å²) in [5, 5.41) is 0. The van der Waals surface area contributed by atoms with Crippen molar-refractivity contribution in [1.82, 2.24) is 9.97 Å². The molecule has 7 nitrogen and oxygen atoms in total. The van der Waals surface area contributed by atoms with E-state index in [9.17, 15) is 9.59 Å². The van der Waals surface area contributed by atoms with Gasteiger partial charge >= 0.3 is 11.9 Å². The fraction of sp³-hybridized carbons (Fsp3) is 0.500. The van der Waals surface area contributed by atoms with Gasteiger partial charge in [0.15, 0.2) is 5.92 Å². The van der Waals surface area contributed by atoms with E-state index in [2.05, 4.69) is 9.97 Å². The molecule has 1 heterocycles. The van der Waals surface area contributed by atoms with Gasteiger partial charge in [-0.2, -0.15) is 0 Å². The Kier molecular flexibility index (Phi) is 5.72. The summed E-state index contributed by atoms with van der Waals surface area (Å²) in [6.07, 6.45) is 1.21. The van der Waals surface area contributed by atoms with E-state index in [1.54, 1.807) is 13.8 Å². The molecule has 0 saturated heterocycles. The summed E-state index contributed by atoms with van der Waals surface area (Å²) < 4.78 is 14.6. The Morgan fingerprint density at radius 2 is 1.74 bits per heavy atom. The highest BCUT2D eigenvalue weighted by Gasteiger charge is 2.33. The quantitative estimate of drug-likeness (QED) is 0.554. The van der Waals surface area contributed by atoms with Gasteiger partial charge in [0, 0.05) is 6.07 Å². The molecule has 0 atom stereocenters. The minimum absolute atomic E-state index is 0.164. The molecule has 0 aliphatic rings. The molecular weight excluding hydrogens is 252 g/mol. The maximum atomic E-state index is 11.8. The van der Waals surface area contributed by atoms with Crippen LogP contribution in [-0.2, 0) is 19.1 Å². The van der Waals surface area contributed by atoms with Crippen LogP contribution in [0.2, 0.25) is 0 Å². The summed E-state index contributed by atoms with van der Waals surface area (Å²) >= 11 is 0. The molecule has 0 N–H and O–H groups in total. The van der Waals surface area contributed by atoms with Crippen molar-refractivity contribution in [1.29, 1.82) is 0 Å². The third-order valence-corrected chi connectivity index (χ3v) is 2.21. The van der Waals surface area contributed by atoms with E-state index < -0.39 is 17.9 Å². The van der Waals surface area contributed by atoms with Crippen LogP contribution in [0.3, 0.4) is 0 Å². The first-order chi connectivity index (χ1) is 9.13. The number of esters is 2. The van der Waals surface area contributed by atoms with Crippen LogP contribution in [0.25, 0.3) is 0 Å². The number of rotatable bonds is 6. The Morgan fingerprint density at radius 3 is 2.21 bits per heavy atom. The fourth-order valence-corrected chi connectivity index (χ4v) is 1.41. The van der Waals surface area contributed by atoms with Crippen molar-refractivity contribution in [2.24, 2.45) is 0 Å². The molecule has 0 spiro atoms. The number of aromatic nitrogens is 2. The second kappa shape index (κ2) is 7.30. The van der Waals surface area contributed by atoms with Gasteiger partial charge in [0.1, 0.15) is 6.33 Å². The van der Waals surface area contributed by atoms with Gasteiger partial charge in [0.2, 0.25) is 5.88 Å². The first-order valence-corrected chi connectivity index (χ1v) is 5.83. The minimum atomic E-state index is -1.23. The SMILES string of the molecule is CCOC(=O)C(C(=O)OCC)c1cc(OC)ncn1. The summed E-state index contributed by atoms with van der Waals surface area (Å²) in [6.45, 7) is 3.63. The largest absolute Gasteiger partial charge is 0.481 e. The van der Waals surface area contributed by atoms with Crippen molar-refractivity contribution in [2.45, 2.75) is 19.8 Å². The molecule has 0 bridgehead atoms. The minimum Gasteiger partial charge on any atom is -0.481 e. The Morgan fingerprint density at radius 1 is 1.16 bits per heavy atom. The Balaban J connectivity index is 3.07. The summed E-state index contributed by atoms with van der Waals surface area (Å²) in [6, 6.07) is 1.40. The van der Waals surface area contributed by atoms with E-state index in [4.69, 9.17) is 14.2 Å². The Labute approximate surface area is 110 Å². The van der Waals surface area contributed by atoms with E-state index in [0.717, 1.165) is 0 Å². The van der Waals surface area contributed by atoms with E-state index >= 15 is 0 Å². The summed E-state index contributed by atoms with van der Waals surface area (Å²) in [4.78, 5) is 31.4. The van der Waals surface area contributed by atoms with E-state index in [-0.39, 0.29) is 24.8 Å². The fourth-order valence-electron chi connectivity index (χ4n) is 1.41. The van der Waals surface area contributed by atoms with Gasteiger partial charge in [0.25, 0.3) is 0 Å². The van der Waals surface area contributed by atoms with Gasteiger partial charge in [-0.1, -0.05) is 0 Å². The zero-order chi connectivity index (χ0) is 14.3. The zero-order valence-corrected chi connectivity index (χ0v) is 11.1. The Bertz CT molecular complexity index is 432. The second-order valence-electron chi connectivity index (χ2n) is 3.42. The van der Waals surface area contributed by atoms with E-state index in [1.807, 2.05) is 0 Å². The molecule has 19 heavy (non-hydrogen) atoms. The normalized spacial score (nSPS) is 10.1. The smallest absolute Gasteiger partial charge is 0.326 e. The van der Waals surface area contributed by atoms with Crippen LogP contribution in [0.5, 0.6) is 5.88 Å². The molecule has 0 unspecified atom stereocenters. The predicted molar refractivity (Wildman–Crippen MR) is 64.6 cm³/mol. The maximum Gasteiger partial charge on any atom is 0.326 e. The van der Waals surface area contributed by atoms with Crippen molar-refractivity contribution in [2.75, 3.05) is 20.3 Å². The topological polar surface area (TPSA) is 87.6 Å². The van der Waals surface area contributed by atoms with Crippen LogP contribution in [-0.4, -0.2) is 42.2 Å². The van der Waals surface area contributed by atoms with Crippen molar-refractivity contribution in [3.05, 3.63) is 18.1 Å². The Hall–Kier alpha value is -2.18. The lowest BCUT2D eigenvalue weighted by Crippen LogP contribution is -2.27. The van der Waals surface area contributed by atoms with Gasteiger partial charge < -0.3 is 14.2 Å².